The van der Waals surface area contributed by atoms with Crippen molar-refractivity contribution in [2.45, 2.75) is 45.6 Å². The lowest BCUT2D eigenvalue weighted by Gasteiger charge is -2.25. The number of rotatable bonds is 7. The Hall–Kier alpha value is -2.48. The third-order valence-electron chi connectivity index (χ3n) is 3.68. The van der Waals surface area contributed by atoms with Crippen molar-refractivity contribution in [3.63, 3.8) is 0 Å². The highest BCUT2D eigenvalue weighted by atomic mass is 16.6. The number of carbonyl (C=O) groups is 2. The lowest BCUT2D eigenvalue weighted by atomic mass is 9.94. The molecular weight excluding hydrogens is 318 g/mol. The largest absolute Gasteiger partial charge is 0.481 e. The predicted molar refractivity (Wildman–Crippen MR) is 97.3 cm³/mol. The minimum absolute atomic E-state index is 0.402. The Labute approximate surface area is 150 Å². The number of terminal acetylenes is 1. The molecule has 1 atom stereocenters. The third kappa shape index (κ3) is 7.75. The fourth-order valence-electron chi connectivity index (χ4n) is 2.39. The van der Waals surface area contributed by atoms with E-state index in [1.165, 1.54) is 4.90 Å². The Morgan fingerprint density at radius 2 is 2.04 bits per heavy atom. The van der Waals surface area contributed by atoms with Crippen LogP contribution in [-0.4, -0.2) is 41.3 Å². The molecule has 0 radical (unpaired) electrons. The highest BCUT2D eigenvalue weighted by Gasteiger charge is 2.21. The molecule has 0 saturated heterocycles. The molecule has 0 aliphatic carbocycles. The third-order valence-corrected chi connectivity index (χ3v) is 3.68. The van der Waals surface area contributed by atoms with Crippen molar-refractivity contribution < 1.29 is 19.4 Å². The fourth-order valence-corrected chi connectivity index (χ4v) is 2.39. The molecule has 5 heteroatoms. The number of hydrogen-bond donors (Lipinski definition) is 1. The summed E-state index contributed by atoms with van der Waals surface area (Å²) >= 11 is 0. The molecular formula is C20H27NO4. The molecule has 5 nitrogen and oxygen atoms in total. The SMILES string of the molecule is C#Cc1cccc(CC(CCCN(C)C(=O)OC(C)(C)C)C(=O)O)c1. The van der Waals surface area contributed by atoms with Crippen LogP contribution in [0.25, 0.3) is 0 Å². The van der Waals surface area contributed by atoms with Crippen LogP contribution in [0.3, 0.4) is 0 Å². The molecule has 1 aromatic rings. The molecule has 0 spiro atoms. The lowest BCUT2D eigenvalue weighted by molar-refractivity contribution is -0.142. The van der Waals surface area contributed by atoms with Crippen LogP contribution < -0.4 is 0 Å². The van der Waals surface area contributed by atoms with Crippen LogP contribution in [0.5, 0.6) is 0 Å². The molecule has 0 aliphatic rings. The number of aliphatic carboxylic acids is 1. The molecule has 1 rings (SSSR count). The first-order valence-electron chi connectivity index (χ1n) is 8.35. The van der Waals surface area contributed by atoms with Gasteiger partial charge in [-0.25, -0.2) is 4.79 Å². The molecule has 25 heavy (non-hydrogen) atoms. The number of amides is 1. The van der Waals surface area contributed by atoms with Crippen molar-refractivity contribution in [3.8, 4) is 12.3 Å². The van der Waals surface area contributed by atoms with E-state index in [1.807, 2.05) is 45.0 Å². The van der Waals surface area contributed by atoms with E-state index in [2.05, 4.69) is 5.92 Å². The van der Waals surface area contributed by atoms with Gasteiger partial charge in [0.1, 0.15) is 5.60 Å². The van der Waals surface area contributed by atoms with Gasteiger partial charge in [0.2, 0.25) is 0 Å². The zero-order valence-corrected chi connectivity index (χ0v) is 15.4. The van der Waals surface area contributed by atoms with Gasteiger partial charge in [0, 0.05) is 19.2 Å². The summed E-state index contributed by atoms with van der Waals surface area (Å²) in [5.41, 5.74) is 1.10. The number of benzene rings is 1. The summed E-state index contributed by atoms with van der Waals surface area (Å²) in [5, 5.41) is 9.44. The standard InChI is InChI=1S/C20H27NO4/c1-6-15-9-7-10-16(13-15)14-17(18(22)23)11-8-12-21(5)19(24)25-20(2,3)4/h1,7,9-10,13,17H,8,11-12,14H2,2-5H3,(H,22,23). The molecule has 0 heterocycles. The Kier molecular flexibility index (Phi) is 7.50. The molecule has 0 bridgehead atoms. The topological polar surface area (TPSA) is 66.8 Å². The summed E-state index contributed by atoms with van der Waals surface area (Å²) in [7, 11) is 1.65. The second-order valence-electron chi connectivity index (χ2n) is 7.13. The van der Waals surface area contributed by atoms with Crippen LogP contribution in [0.2, 0.25) is 0 Å². The van der Waals surface area contributed by atoms with Crippen LogP contribution in [0.1, 0.15) is 44.7 Å². The minimum Gasteiger partial charge on any atom is -0.481 e. The van der Waals surface area contributed by atoms with Crippen LogP contribution >= 0.6 is 0 Å². The molecule has 1 amide bonds. The summed E-state index contributed by atoms with van der Waals surface area (Å²) in [6, 6.07) is 7.36. The summed E-state index contributed by atoms with van der Waals surface area (Å²) in [5.74, 6) is 1.20. The van der Waals surface area contributed by atoms with Crippen LogP contribution in [0.4, 0.5) is 4.79 Å². The summed E-state index contributed by atoms with van der Waals surface area (Å²) in [6.45, 7) is 5.87. The van der Waals surface area contributed by atoms with Gasteiger partial charge in [-0.2, -0.15) is 0 Å². The number of carboxylic acid groups (broad SMARTS) is 1. The van der Waals surface area contributed by atoms with Crippen LogP contribution in [-0.2, 0) is 16.0 Å². The monoisotopic (exact) mass is 345 g/mol. The zero-order valence-electron chi connectivity index (χ0n) is 15.4. The lowest BCUT2D eigenvalue weighted by Crippen LogP contribution is -2.35. The van der Waals surface area contributed by atoms with E-state index >= 15 is 0 Å². The zero-order chi connectivity index (χ0) is 19.0. The molecule has 0 saturated carbocycles. The van der Waals surface area contributed by atoms with E-state index in [9.17, 15) is 14.7 Å². The van der Waals surface area contributed by atoms with E-state index in [0.29, 0.717) is 25.8 Å². The quantitative estimate of drug-likeness (QED) is 0.767. The molecule has 1 aromatic carbocycles. The van der Waals surface area contributed by atoms with Crippen molar-refractivity contribution in [3.05, 3.63) is 35.4 Å². The summed E-state index contributed by atoms with van der Waals surface area (Å²) in [6.07, 6.45) is 6.45. The first-order valence-corrected chi connectivity index (χ1v) is 8.35. The van der Waals surface area contributed by atoms with Crippen LogP contribution in [0, 0.1) is 18.3 Å². The highest BCUT2D eigenvalue weighted by molar-refractivity contribution is 5.70. The van der Waals surface area contributed by atoms with E-state index in [0.717, 1.165) is 11.1 Å². The number of nitrogens with zero attached hydrogens (tertiary/aromatic N) is 1. The number of ether oxygens (including phenoxy) is 1. The Bertz CT molecular complexity index is 640. The highest BCUT2D eigenvalue weighted by Crippen LogP contribution is 2.17. The maximum Gasteiger partial charge on any atom is 0.410 e. The van der Waals surface area contributed by atoms with E-state index in [4.69, 9.17) is 11.2 Å². The van der Waals surface area contributed by atoms with E-state index in [1.54, 1.807) is 7.05 Å². The predicted octanol–water partition coefficient (Wildman–Crippen LogP) is 3.56. The van der Waals surface area contributed by atoms with Gasteiger partial charge in [0.25, 0.3) is 0 Å². The van der Waals surface area contributed by atoms with Gasteiger partial charge in [-0.3, -0.25) is 4.79 Å². The van der Waals surface area contributed by atoms with Gasteiger partial charge in [-0.1, -0.05) is 18.1 Å². The molecule has 1 N–H and O–H groups in total. The fraction of sp³-hybridized carbons (Fsp3) is 0.500. The molecule has 136 valence electrons. The smallest absolute Gasteiger partial charge is 0.410 e. The molecule has 0 fully saturated rings. The Morgan fingerprint density at radius 1 is 1.36 bits per heavy atom. The van der Waals surface area contributed by atoms with Crippen molar-refractivity contribution >= 4 is 12.1 Å². The van der Waals surface area contributed by atoms with Gasteiger partial charge in [-0.15, -0.1) is 6.42 Å². The van der Waals surface area contributed by atoms with Gasteiger partial charge in [0.15, 0.2) is 0 Å². The van der Waals surface area contributed by atoms with Gasteiger partial charge in [0.05, 0.1) is 5.92 Å². The summed E-state index contributed by atoms with van der Waals surface area (Å²) < 4.78 is 5.28. The Morgan fingerprint density at radius 3 is 2.60 bits per heavy atom. The van der Waals surface area contributed by atoms with Gasteiger partial charge in [-0.05, 0) is 57.7 Å². The molecule has 0 aromatic heterocycles. The average Bonchev–Trinajstić information content (AvgIpc) is 2.52. The van der Waals surface area contributed by atoms with E-state index < -0.39 is 23.6 Å². The van der Waals surface area contributed by atoms with Crippen molar-refractivity contribution in [1.82, 2.24) is 4.90 Å². The molecule has 0 aliphatic heterocycles. The van der Waals surface area contributed by atoms with Crippen molar-refractivity contribution in [2.24, 2.45) is 5.92 Å². The van der Waals surface area contributed by atoms with Crippen LogP contribution in [0.15, 0.2) is 24.3 Å². The number of carboxylic acids is 1. The second-order valence-corrected chi connectivity index (χ2v) is 7.13. The minimum atomic E-state index is -0.842. The number of carbonyl (C=O) groups excluding carboxylic acids is 1. The maximum absolute atomic E-state index is 11.9. The maximum atomic E-state index is 11.9. The second kappa shape index (κ2) is 9.12. The van der Waals surface area contributed by atoms with E-state index in [-0.39, 0.29) is 0 Å². The Balaban J connectivity index is 2.55. The van der Waals surface area contributed by atoms with Crippen molar-refractivity contribution in [2.75, 3.05) is 13.6 Å². The number of hydrogen-bond acceptors (Lipinski definition) is 3. The summed E-state index contributed by atoms with van der Waals surface area (Å²) in [4.78, 5) is 24.9. The molecule has 1 unspecified atom stereocenters. The van der Waals surface area contributed by atoms with Gasteiger partial charge < -0.3 is 14.7 Å². The van der Waals surface area contributed by atoms with Crippen molar-refractivity contribution in [1.29, 1.82) is 0 Å². The normalized spacial score (nSPS) is 12.1. The van der Waals surface area contributed by atoms with Gasteiger partial charge >= 0.3 is 12.1 Å². The average molecular weight is 345 g/mol. The first-order chi connectivity index (χ1) is 11.6. The first kappa shape index (κ1) is 20.6.